The summed E-state index contributed by atoms with van der Waals surface area (Å²) in [6.07, 6.45) is 7.12. The molecule has 0 aliphatic heterocycles. The fraction of sp³-hybridized carbons (Fsp3) is 0.588. The van der Waals surface area contributed by atoms with Crippen molar-refractivity contribution in [3.63, 3.8) is 0 Å². The summed E-state index contributed by atoms with van der Waals surface area (Å²) in [6.45, 7) is 0. The van der Waals surface area contributed by atoms with Crippen molar-refractivity contribution in [2.75, 3.05) is 5.32 Å². The minimum absolute atomic E-state index is 0.581. The lowest BCUT2D eigenvalue weighted by atomic mass is 9.54. The Bertz CT molecular complexity index is 531. The molecule has 2 N–H and O–H groups in total. The van der Waals surface area contributed by atoms with Crippen molar-refractivity contribution in [2.24, 2.45) is 23.7 Å². The Morgan fingerprint density at radius 2 is 1.71 bits per heavy atom. The van der Waals surface area contributed by atoms with Gasteiger partial charge in [0, 0.05) is 16.8 Å². The van der Waals surface area contributed by atoms with Crippen molar-refractivity contribution in [1.82, 2.24) is 5.32 Å². The third-order valence-electron chi connectivity index (χ3n) is 5.61. The van der Waals surface area contributed by atoms with Gasteiger partial charge in [-0.2, -0.15) is 0 Å². The van der Waals surface area contributed by atoms with Crippen LogP contribution in [0, 0.1) is 23.7 Å². The quantitative estimate of drug-likeness (QED) is 0.787. The Morgan fingerprint density at radius 1 is 1.05 bits per heavy atom. The van der Waals surface area contributed by atoms with E-state index in [1.54, 1.807) is 0 Å². The van der Waals surface area contributed by atoms with Gasteiger partial charge in [-0.25, -0.2) is 0 Å². The van der Waals surface area contributed by atoms with Gasteiger partial charge in [-0.1, -0.05) is 17.7 Å². The maximum absolute atomic E-state index is 6.02. The molecule has 0 unspecified atom stereocenters. The maximum Gasteiger partial charge on any atom is 0.171 e. The standard InChI is InChI=1S/C17H21ClN2S/c18-14-2-1-3-15(9-14)19-17(21)20-16-12-5-10-4-11(7-12)8-13(16)6-10/h1-3,9-13,16H,4-8H2,(H2,19,20,21). The van der Waals surface area contributed by atoms with Crippen LogP contribution >= 0.6 is 23.8 Å². The Labute approximate surface area is 136 Å². The molecule has 0 radical (unpaired) electrons. The molecular weight excluding hydrogens is 300 g/mol. The highest BCUT2D eigenvalue weighted by molar-refractivity contribution is 7.80. The lowest BCUT2D eigenvalue weighted by Crippen LogP contribution is -2.56. The van der Waals surface area contributed by atoms with E-state index < -0.39 is 0 Å². The number of anilines is 1. The van der Waals surface area contributed by atoms with E-state index in [4.69, 9.17) is 23.8 Å². The van der Waals surface area contributed by atoms with Crippen molar-refractivity contribution >= 4 is 34.6 Å². The molecule has 4 aliphatic carbocycles. The molecule has 4 saturated carbocycles. The molecule has 2 nitrogen and oxygen atoms in total. The van der Waals surface area contributed by atoms with E-state index in [1.807, 2.05) is 24.3 Å². The van der Waals surface area contributed by atoms with Gasteiger partial charge in [-0.15, -0.1) is 0 Å². The van der Waals surface area contributed by atoms with Crippen molar-refractivity contribution in [3.8, 4) is 0 Å². The molecule has 0 spiro atoms. The Kier molecular flexibility index (Phi) is 3.58. The van der Waals surface area contributed by atoms with Gasteiger partial charge in [-0.05, 0) is 86.2 Å². The summed E-state index contributed by atoms with van der Waals surface area (Å²) in [4.78, 5) is 0. The van der Waals surface area contributed by atoms with E-state index in [-0.39, 0.29) is 0 Å². The lowest BCUT2D eigenvalue weighted by molar-refractivity contribution is -0.00665. The molecule has 21 heavy (non-hydrogen) atoms. The predicted molar refractivity (Wildman–Crippen MR) is 91.6 cm³/mol. The number of nitrogens with one attached hydrogen (secondary N) is 2. The molecule has 5 rings (SSSR count). The van der Waals surface area contributed by atoms with Gasteiger partial charge in [-0.3, -0.25) is 0 Å². The molecule has 1 aromatic rings. The van der Waals surface area contributed by atoms with Crippen LogP contribution in [-0.4, -0.2) is 11.2 Å². The zero-order valence-corrected chi connectivity index (χ0v) is 13.6. The van der Waals surface area contributed by atoms with Crippen LogP contribution in [-0.2, 0) is 0 Å². The lowest BCUT2D eigenvalue weighted by Gasteiger charge is -2.54. The monoisotopic (exact) mass is 320 g/mol. The number of benzene rings is 1. The first-order chi connectivity index (χ1) is 10.2. The number of halogens is 1. The highest BCUT2D eigenvalue weighted by Gasteiger charge is 2.48. The van der Waals surface area contributed by atoms with Crippen molar-refractivity contribution < 1.29 is 0 Å². The average molecular weight is 321 g/mol. The van der Waals surface area contributed by atoms with Crippen LogP contribution in [0.15, 0.2) is 24.3 Å². The normalized spacial score (nSPS) is 36.5. The molecule has 4 heteroatoms. The van der Waals surface area contributed by atoms with Gasteiger partial charge < -0.3 is 10.6 Å². The zero-order valence-electron chi connectivity index (χ0n) is 12.0. The molecule has 4 fully saturated rings. The predicted octanol–water partition coefficient (Wildman–Crippen LogP) is 4.45. The fourth-order valence-corrected chi connectivity index (χ4v) is 5.49. The zero-order chi connectivity index (χ0) is 14.4. The first kappa shape index (κ1) is 13.8. The molecule has 0 amide bonds. The van der Waals surface area contributed by atoms with Crippen LogP contribution in [0.4, 0.5) is 5.69 Å². The van der Waals surface area contributed by atoms with Gasteiger partial charge in [0.2, 0.25) is 0 Å². The largest absolute Gasteiger partial charge is 0.359 e. The summed E-state index contributed by atoms with van der Waals surface area (Å²) in [5.41, 5.74) is 0.962. The topological polar surface area (TPSA) is 24.1 Å². The second-order valence-electron chi connectivity index (χ2n) is 7.07. The van der Waals surface area contributed by atoms with E-state index in [2.05, 4.69) is 10.6 Å². The second kappa shape index (κ2) is 5.44. The Morgan fingerprint density at radius 3 is 2.33 bits per heavy atom. The molecule has 0 atom stereocenters. The van der Waals surface area contributed by atoms with Crippen molar-refractivity contribution in [2.45, 2.75) is 38.1 Å². The van der Waals surface area contributed by atoms with Crippen LogP contribution in [0.2, 0.25) is 5.02 Å². The highest BCUT2D eigenvalue weighted by Crippen LogP contribution is 2.53. The number of hydrogen-bond acceptors (Lipinski definition) is 1. The summed E-state index contributed by atoms with van der Waals surface area (Å²) < 4.78 is 0. The average Bonchev–Trinajstić information content (AvgIpc) is 2.42. The van der Waals surface area contributed by atoms with Gasteiger partial charge in [0.05, 0.1) is 0 Å². The third-order valence-corrected chi connectivity index (χ3v) is 6.06. The molecule has 0 heterocycles. The Balaban J connectivity index is 1.41. The van der Waals surface area contributed by atoms with Crippen molar-refractivity contribution in [1.29, 1.82) is 0 Å². The minimum Gasteiger partial charge on any atom is -0.359 e. The summed E-state index contributed by atoms with van der Waals surface area (Å²) in [7, 11) is 0. The SMILES string of the molecule is S=C(Nc1cccc(Cl)c1)NC1C2CC3CC(C2)CC1C3. The van der Waals surface area contributed by atoms with E-state index in [9.17, 15) is 0 Å². The van der Waals surface area contributed by atoms with Crippen LogP contribution in [0.1, 0.15) is 32.1 Å². The Hall–Kier alpha value is -0.800. The van der Waals surface area contributed by atoms with Crippen LogP contribution < -0.4 is 10.6 Å². The first-order valence-electron chi connectivity index (χ1n) is 8.00. The number of rotatable bonds is 2. The van der Waals surface area contributed by atoms with Crippen LogP contribution in [0.3, 0.4) is 0 Å². The maximum atomic E-state index is 6.02. The smallest absolute Gasteiger partial charge is 0.171 e. The summed E-state index contributed by atoms with van der Waals surface area (Å²) in [5.74, 6) is 3.67. The molecule has 0 saturated heterocycles. The van der Waals surface area contributed by atoms with Crippen molar-refractivity contribution in [3.05, 3.63) is 29.3 Å². The molecule has 4 aliphatic rings. The number of hydrogen-bond donors (Lipinski definition) is 2. The molecule has 1 aromatic carbocycles. The van der Waals surface area contributed by atoms with Gasteiger partial charge in [0.15, 0.2) is 5.11 Å². The third kappa shape index (κ3) is 2.78. The summed E-state index contributed by atoms with van der Waals surface area (Å²) in [5, 5.41) is 8.36. The molecule has 0 aromatic heterocycles. The summed E-state index contributed by atoms with van der Waals surface area (Å²) >= 11 is 11.5. The van der Waals surface area contributed by atoms with E-state index in [0.717, 1.165) is 39.5 Å². The van der Waals surface area contributed by atoms with E-state index in [1.165, 1.54) is 32.1 Å². The molecule has 4 bridgehead atoms. The van der Waals surface area contributed by atoms with Crippen LogP contribution in [0.5, 0.6) is 0 Å². The van der Waals surface area contributed by atoms with Gasteiger partial charge >= 0.3 is 0 Å². The van der Waals surface area contributed by atoms with E-state index in [0.29, 0.717) is 6.04 Å². The van der Waals surface area contributed by atoms with Gasteiger partial charge in [0.1, 0.15) is 0 Å². The minimum atomic E-state index is 0.581. The van der Waals surface area contributed by atoms with Gasteiger partial charge in [0.25, 0.3) is 0 Å². The number of thiocarbonyl (C=S) groups is 1. The van der Waals surface area contributed by atoms with E-state index >= 15 is 0 Å². The first-order valence-corrected chi connectivity index (χ1v) is 8.79. The molecule has 112 valence electrons. The van der Waals surface area contributed by atoms with Crippen LogP contribution in [0.25, 0.3) is 0 Å². The summed E-state index contributed by atoms with van der Waals surface area (Å²) in [6, 6.07) is 8.30. The second-order valence-corrected chi connectivity index (χ2v) is 7.91. The molecular formula is C17H21ClN2S. The highest BCUT2D eigenvalue weighted by atomic mass is 35.5. The fourth-order valence-electron chi connectivity index (χ4n) is 5.05.